The van der Waals surface area contributed by atoms with E-state index in [0.29, 0.717) is 0 Å². The Labute approximate surface area is 114 Å². The van der Waals surface area contributed by atoms with Crippen LogP contribution in [0, 0.1) is 5.82 Å². The Morgan fingerprint density at radius 3 is 2.44 bits per heavy atom. The highest BCUT2D eigenvalue weighted by molar-refractivity contribution is 7.80. The normalized spacial score (nSPS) is 17.1. The van der Waals surface area contributed by atoms with Crippen molar-refractivity contribution in [3.05, 3.63) is 30.1 Å². The number of anilines is 1. The molecule has 1 saturated heterocycles. The third kappa shape index (κ3) is 3.62. The van der Waals surface area contributed by atoms with Crippen LogP contribution in [-0.4, -0.2) is 43.4 Å². The summed E-state index contributed by atoms with van der Waals surface area (Å²) in [5.41, 5.74) is 0.743. The van der Waals surface area contributed by atoms with E-state index in [1.807, 2.05) is 12.1 Å². The molecule has 0 atom stereocenters. The van der Waals surface area contributed by atoms with E-state index in [1.54, 1.807) is 6.07 Å². The van der Waals surface area contributed by atoms with Crippen LogP contribution in [0.15, 0.2) is 24.3 Å². The van der Waals surface area contributed by atoms with E-state index in [-0.39, 0.29) is 5.82 Å². The Morgan fingerprint density at radius 1 is 1.06 bits per heavy atom. The zero-order chi connectivity index (χ0) is 12.8. The number of halogens is 1. The first kappa shape index (κ1) is 13.7. The smallest absolute Gasteiger partial charge is 0.146 e. The maximum Gasteiger partial charge on any atom is 0.146 e. The summed E-state index contributed by atoms with van der Waals surface area (Å²) in [4.78, 5) is 4.60. The molecular formula is C14H21FN2S. The van der Waals surface area contributed by atoms with E-state index in [0.717, 1.165) is 44.2 Å². The van der Waals surface area contributed by atoms with E-state index >= 15 is 0 Å². The summed E-state index contributed by atoms with van der Waals surface area (Å²) >= 11 is 4.22. The van der Waals surface area contributed by atoms with Gasteiger partial charge in [0.15, 0.2) is 0 Å². The molecule has 0 saturated carbocycles. The molecule has 1 aliphatic rings. The number of unbranched alkanes of at least 4 members (excludes halogenated alkanes) is 1. The lowest BCUT2D eigenvalue weighted by atomic mass is 10.2. The minimum atomic E-state index is -0.110. The molecule has 4 heteroatoms. The summed E-state index contributed by atoms with van der Waals surface area (Å²) in [7, 11) is 0. The Kier molecular flexibility index (Phi) is 5.32. The Morgan fingerprint density at radius 2 is 1.78 bits per heavy atom. The van der Waals surface area contributed by atoms with Crippen molar-refractivity contribution in [2.24, 2.45) is 0 Å². The number of piperazine rings is 1. The van der Waals surface area contributed by atoms with Crippen molar-refractivity contribution < 1.29 is 4.39 Å². The van der Waals surface area contributed by atoms with Crippen molar-refractivity contribution in [3.8, 4) is 0 Å². The fourth-order valence-corrected chi connectivity index (χ4v) is 2.59. The Bertz CT molecular complexity index is 365. The fraction of sp³-hybridized carbons (Fsp3) is 0.571. The number of nitrogens with zero attached hydrogens (tertiary/aromatic N) is 2. The van der Waals surface area contributed by atoms with Gasteiger partial charge in [-0.3, -0.25) is 4.90 Å². The molecular weight excluding hydrogens is 247 g/mol. The molecule has 18 heavy (non-hydrogen) atoms. The van der Waals surface area contributed by atoms with Crippen molar-refractivity contribution in [2.75, 3.05) is 43.4 Å². The van der Waals surface area contributed by atoms with Gasteiger partial charge in [-0.05, 0) is 37.3 Å². The number of para-hydroxylation sites is 1. The van der Waals surface area contributed by atoms with Crippen LogP contribution in [0.5, 0.6) is 0 Å². The summed E-state index contributed by atoms with van der Waals surface area (Å²) in [5, 5.41) is 0. The van der Waals surface area contributed by atoms with Crippen LogP contribution >= 0.6 is 12.6 Å². The van der Waals surface area contributed by atoms with Crippen LogP contribution in [0.4, 0.5) is 10.1 Å². The Balaban J connectivity index is 1.81. The van der Waals surface area contributed by atoms with Crippen LogP contribution < -0.4 is 4.90 Å². The van der Waals surface area contributed by atoms with Crippen molar-refractivity contribution in [2.45, 2.75) is 12.8 Å². The van der Waals surface area contributed by atoms with E-state index in [2.05, 4.69) is 22.4 Å². The quantitative estimate of drug-likeness (QED) is 0.648. The fourth-order valence-electron chi connectivity index (χ4n) is 2.37. The van der Waals surface area contributed by atoms with Gasteiger partial charge >= 0.3 is 0 Å². The number of hydrogen-bond donors (Lipinski definition) is 1. The molecule has 0 unspecified atom stereocenters. The van der Waals surface area contributed by atoms with E-state index in [1.165, 1.54) is 18.9 Å². The van der Waals surface area contributed by atoms with Crippen LogP contribution in [0.1, 0.15) is 12.8 Å². The molecule has 0 aliphatic carbocycles. The SMILES string of the molecule is Fc1ccccc1N1CCN(CCCCS)CC1. The lowest BCUT2D eigenvalue weighted by molar-refractivity contribution is 0.254. The van der Waals surface area contributed by atoms with Crippen molar-refractivity contribution in [1.82, 2.24) is 4.90 Å². The maximum absolute atomic E-state index is 13.7. The molecule has 100 valence electrons. The molecule has 0 radical (unpaired) electrons. The molecule has 1 aliphatic heterocycles. The monoisotopic (exact) mass is 268 g/mol. The summed E-state index contributed by atoms with van der Waals surface area (Å²) in [5.74, 6) is 0.857. The van der Waals surface area contributed by atoms with Crippen LogP contribution in [0.2, 0.25) is 0 Å². The number of hydrogen-bond acceptors (Lipinski definition) is 3. The molecule has 0 aromatic heterocycles. The van der Waals surface area contributed by atoms with Gasteiger partial charge in [-0.25, -0.2) is 4.39 Å². The summed E-state index contributed by atoms with van der Waals surface area (Å²) in [6, 6.07) is 7.05. The lowest BCUT2D eigenvalue weighted by Gasteiger charge is -2.36. The first-order chi connectivity index (χ1) is 8.81. The highest BCUT2D eigenvalue weighted by Gasteiger charge is 2.18. The van der Waals surface area contributed by atoms with Gasteiger partial charge in [0.1, 0.15) is 5.82 Å². The van der Waals surface area contributed by atoms with Gasteiger partial charge in [0, 0.05) is 26.2 Å². The molecule has 0 bridgehead atoms. The second kappa shape index (κ2) is 7.00. The minimum Gasteiger partial charge on any atom is -0.367 e. The number of benzene rings is 1. The van der Waals surface area contributed by atoms with Crippen LogP contribution in [-0.2, 0) is 0 Å². The largest absolute Gasteiger partial charge is 0.367 e. The predicted molar refractivity (Wildman–Crippen MR) is 78.1 cm³/mol. The first-order valence-corrected chi connectivity index (χ1v) is 7.27. The second-order valence-corrected chi connectivity index (χ2v) is 5.16. The first-order valence-electron chi connectivity index (χ1n) is 6.64. The highest BCUT2D eigenvalue weighted by atomic mass is 32.1. The van der Waals surface area contributed by atoms with Crippen LogP contribution in [0.25, 0.3) is 0 Å². The Hall–Kier alpha value is -0.740. The number of rotatable bonds is 5. The average molecular weight is 268 g/mol. The topological polar surface area (TPSA) is 6.48 Å². The molecule has 1 fully saturated rings. The van der Waals surface area contributed by atoms with Crippen molar-refractivity contribution in [1.29, 1.82) is 0 Å². The van der Waals surface area contributed by atoms with Gasteiger partial charge < -0.3 is 4.90 Å². The van der Waals surface area contributed by atoms with E-state index < -0.39 is 0 Å². The second-order valence-electron chi connectivity index (χ2n) is 4.71. The molecule has 1 heterocycles. The predicted octanol–water partition coefficient (Wildman–Crippen LogP) is 2.66. The maximum atomic E-state index is 13.7. The van der Waals surface area contributed by atoms with Gasteiger partial charge in [0.2, 0.25) is 0 Å². The van der Waals surface area contributed by atoms with Crippen molar-refractivity contribution in [3.63, 3.8) is 0 Å². The summed E-state index contributed by atoms with van der Waals surface area (Å²) in [6.45, 7) is 5.04. The van der Waals surface area contributed by atoms with Gasteiger partial charge in [-0.1, -0.05) is 12.1 Å². The molecule has 0 amide bonds. The molecule has 0 spiro atoms. The van der Waals surface area contributed by atoms with Crippen LogP contribution in [0.3, 0.4) is 0 Å². The summed E-state index contributed by atoms with van der Waals surface area (Å²) < 4.78 is 13.7. The molecule has 2 nitrogen and oxygen atoms in total. The highest BCUT2D eigenvalue weighted by Crippen LogP contribution is 2.20. The molecule has 2 rings (SSSR count). The molecule has 0 N–H and O–H groups in total. The van der Waals surface area contributed by atoms with E-state index in [4.69, 9.17) is 0 Å². The van der Waals surface area contributed by atoms with Gasteiger partial charge in [0.05, 0.1) is 5.69 Å². The summed E-state index contributed by atoms with van der Waals surface area (Å²) in [6.07, 6.45) is 2.39. The average Bonchev–Trinajstić information content (AvgIpc) is 2.41. The third-order valence-corrected chi connectivity index (χ3v) is 3.76. The standard InChI is InChI=1S/C14H21FN2S/c15-13-5-1-2-6-14(13)17-10-8-16(9-11-17)7-3-4-12-18/h1-2,5-6,18H,3-4,7-12H2. The zero-order valence-electron chi connectivity index (χ0n) is 10.7. The molecule has 1 aromatic rings. The van der Waals surface area contributed by atoms with Crippen molar-refractivity contribution >= 4 is 18.3 Å². The number of thiol groups is 1. The van der Waals surface area contributed by atoms with Gasteiger partial charge in [-0.2, -0.15) is 12.6 Å². The molecule has 1 aromatic carbocycles. The zero-order valence-corrected chi connectivity index (χ0v) is 11.6. The third-order valence-electron chi connectivity index (χ3n) is 3.45. The lowest BCUT2D eigenvalue weighted by Crippen LogP contribution is -2.46. The minimum absolute atomic E-state index is 0.110. The van der Waals surface area contributed by atoms with Gasteiger partial charge in [0.25, 0.3) is 0 Å². The van der Waals surface area contributed by atoms with Gasteiger partial charge in [-0.15, -0.1) is 0 Å². The van der Waals surface area contributed by atoms with E-state index in [9.17, 15) is 4.39 Å².